The van der Waals surface area contributed by atoms with Crippen molar-refractivity contribution in [1.29, 1.82) is 0 Å². The molecule has 0 aromatic heterocycles. The van der Waals surface area contributed by atoms with Crippen molar-refractivity contribution < 1.29 is 28.8 Å². The molecular formula is C26H34N4O6. The molecule has 5 N–H and O–H groups in total. The number of nitrogens with zero attached hydrogens (tertiary/aromatic N) is 2. The number of phenolic OH excluding ortho intramolecular Hbond substituents is 1. The van der Waals surface area contributed by atoms with Crippen LogP contribution in [0.25, 0.3) is 0 Å². The number of nitrogens with two attached hydrogens (primary N) is 2. The Morgan fingerprint density at radius 1 is 1.19 bits per heavy atom. The Morgan fingerprint density at radius 3 is 2.58 bits per heavy atom. The summed E-state index contributed by atoms with van der Waals surface area (Å²) in [7, 11) is 3.56. The average Bonchev–Trinajstić information content (AvgIpc) is 3.31. The first-order valence-electron chi connectivity index (χ1n) is 12.1. The molecule has 3 aliphatic rings. The first kappa shape index (κ1) is 24.5. The summed E-state index contributed by atoms with van der Waals surface area (Å²) in [6.45, 7) is 7.05. The quantitative estimate of drug-likeness (QED) is 0.327. The van der Waals surface area contributed by atoms with Gasteiger partial charge in [0, 0.05) is 60.5 Å². The second-order valence-electron chi connectivity index (χ2n) is 9.77. The molecule has 3 atom stereocenters. The van der Waals surface area contributed by atoms with Crippen molar-refractivity contribution in [3.8, 4) is 28.7 Å². The summed E-state index contributed by atoms with van der Waals surface area (Å²) < 4.78 is 23.0. The molecule has 1 fully saturated rings. The van der Waals surface area contributed by atoms with E-state index in [1.54, 1.807) is 0 Å². The van der Waals surface area contributed by atoms with Gasteiger partial charge in [-0.3, -0.25) is 14.6 Å². The third-order valence-electron chi connectivity index (χ3n) is 7.74. The van der Waals surface area contributed by atoms with Crippen molar-refractivity contribution in [2.75, 3.05) is 46.3 Å². The molecule has 194 valence electrons. The highest BCUT2D eigenvalue weighted by molar-refractivity contribution is 5.74. The molecular weight excluding hydrogens is 464 g/mol. The van der Waals surface area contributed by atoms with E-state index >= 15 is 0 Å². The summed E-state index contributed by atoms with van der Waals surface area (Å²) >= 11 is 0. The smallest absolute Gasteiger partial charge is 0.308 e. The second kappa shape index (κ2) is 9.02. The highest BCUT2D eigenvalue weighted by atomic mass is 16.7. The van der Waals surface area contributed by atoms with Crippen LogP contribution in [0.3, 0.4) is 0 Å². The first-order valence-corrected chi connectivity index (χ1v) is 12.1. The van der Waals surface area contributed by atoms with Crippen molar-refractivity contribution in [2.24, 2.45) is 5.73 Å². The van der Waals surface area contributed by atoms with E-state index in [0.717, 1.165) is 35.3 Å². The lowest BCUT2D eigenvalue weighted by Crippen LogP contribution is -2.58. The van der Waals surface area contributed by atoms with Crippen LogP contribution in [0.4, 0.5) is 5.69 Å². The van der Waals surface area contributed by atoms with Crippen LogP contribution in [0.2, 0.25) is 0 Å². The van der Waals surface area contributed by atoms with Gasteiger partial charge in [0.05, 0.1) is 19.2 Å². The molecule has 5 rings (SSSR count). The number of carbonyl (C=O) groups is 1. The molecule has 0 amide bonds. The number of aryl methyl sites for hydroxylation is 1. The Balaban J connectivity index is 1.72. The Morgan fingerprint density at radius 2 is 1.92 bits per heavy atom. The molecule has 36 heavy (non-hydrogen) atoms. The van der Waals surface area contributed by atoms with Crippen molar-refractivity contribution in [1.82, 2.24) is 9.80 Å². The van der Waals surface area contributed by atoms with Crippen molar-refractivity contribution in [3.05, 3.63) is 33.9 Å². The molecule has 1 saturated heterocycles. The summed E-state index contributed by atoms with van der Waals surface area (Å²) in [5.41, 5.74) is 17.3. The predicted octanol–water partition coefficient (Wildman–Crippen LogP) is 2.17. The summed E-state index contributed by atoms with van der Waals surface area (Å²) in [5, 5.41) is 11.3. The fourth-order valence-electron chi connectivity index (χ4n) is 6.28. The van der Waals surface area contributed by atoms with Gasteiger partial charge >= 0.3 is 5.97 Å². The Hall–Kier alpha value is -3.21. The topological polar surface area (TPSA) is 133 Å². The third kappa shape index (κ3) is 3.55. The number of hydrogen-bond donors (Lipinski definition) is 3. The van der Waals surface area contributed by atoms with Gasteiger partial charge in [0.25, 0.3) is 0 Å². The number of nitrogen functional groups attached to an aromatic ring is 1. The zero-order valence-electron chi connectivity index (χ0n) is 21.4. The van der Waals surface area contributed by atoms with Crippen LogP contribution in [-0.2, 0) is 11.2 Å². The van der Waals surface area contributed by atoms with E-state index in [0.29, 0.717) is 47.2 Å². The van der Waals surface area contributed by atoms with Crippen LogP contribution in [-0.4, -0.2) is 67.5 Å². The lowest BCUT2D eigenvalue weighted by molar-refractivity contribution is -0.132. The van der Waals surface area contributed by atoms with E-state index in [4.69, 9.17) is 30.4 Å². The molecule has 0 bridgehead atoms. The minimum Gasteiger partial charge on any atom is -0.504 e. The number of rotatable bonds is 4. The van der Waals surface area contributed by atoms with Crippen molar-refractivity contribution in [2.45, 2.75) is 45.3 Å². The van der Waals surface area contributed by atoms with Gasteiger partial charge < -0.3 is 35.5 Å². The van der Waals surface area contributed by atoms with E-state index in [1.807, 2.05) is 27.0 Å². The largest absolute Gasteiger partial charge is 0.504 e. The molecule has 3 aliphatic heterocycles. The summed E-state index contributed by atoms with van der Waals surface area (Å²) in [6, 6.07) is 1.27. The Bertz CT molecular complexity index is 1230. The number of fused-ring (bicyclic) bond motifs is 4. The third-order valence-corrected chi connectivity index (χ3v) is 7.74. The number of esters is 1. The number of phenols is 1. The van der Waals surface area contributed by atoms with Gasteiger partial charge in [-0.1, -0.05) is 0 Å². The fourth-order valence-corrected chi connectivity index (χ4v) is 6.28. The maximum Gasteiger partial charge on any atom is 0.308 e. The van der Waals surface area contributed by atoms with Gasteiger partial charge in [0.2, 0.25) is 6.79 Å². The normalized spacial score (nSPS) is 23.2. The number of carbonyl (C=O) groups excluding carboxylic acids is 1. The van der Waals surface area contributed by atoms with Crippen LogP contribution >= 0.6 is 0 Å². The number of likely N-dealkylation sites (N-methyl/N-ethyl adjacent to an activating group) is 1. The summed E-state index contributed by atoms with van der Waals surface area (Å²) in [5.74, 6) is 1.81. The standard InChI is InChI=1S/C26H34N4O6/c1-12-8-16(28)20(22(32)23(12)33-5)21-17-9-15-19(18(10-27)30(17)7-6-29(21)4)26-25(34-11-35-26)13(2)24(15)36-14(3)31/h8,17-18,21,32H,6-7,9-11,27-28H2,1-5H3/t17?,18-,21-/m0/s1. The van der Waals surface area contributed by atoms with Crippen LogP contribution in [0, 0.1) is 13.8 Å². The highest BCUT2D eigenvalue weighted by Crippen LogP contribution is 2.55. The zero-order chi connectivity index (χ0) is 25.9. The monoisotopic (exact) mass is 498 g/mol. The van der Waals surface area contributed by atoms with Gasteiger partial charge in [-0.05, 0) is 38.9 Å². The summed E-state index contributed by atoms with van der Waals surface area (Å²) in [6.07, 6.45) is 0.538. The molecule has 3 heterocycles. The number of benzene rings is 2. The van der Waals surface area contributed by atoms with Crippen LogP contribution in [0.15, 0.2) is 6.07 Å². The van der Waals surface area contributed by atoms with Gasteiger partial charge in [-0.25, -0.2) is 0 Å². The molecule has 0 spiro atoms. The highest BCUT2D eigenvalue weighted by Gasteiger charge is 2.48. The molecule has 0 radical (unpaired) electrons. The molecule has 2 aromatic carbocycles. The number of anilines is 1. The molecule has 2 aromatic rings. The number of piperazine rings is 1. The fraction of sp³-hybridized carbons (Fsp3) is 0.500. The van der Waals surface area contributed by atoms with Gasteiger partial charge in [0.15, 0.2) is 23.0 Å². The van der Waals surface area contributed by atoms with E-state index in [-0.39, 0.29) is 30.7 Å². The van der Waals surface area contributed by atoms with Gasteiger partial charge in [-0.15, -0.1) is 0 Å². The number of methoxy groups -OCH3 is 1. The molecule has 0 saturated carbocycles. The Kier molecular flexibility index (Phi) is 6.14. The SMILES string of the molecule is COc1c(C)cc(N)c([C@@H]2C3Cc4c(OC(C)=O)c(C)c5c(c4[C@H](CN)N3CCN2C)OCO5)c1O. The van der Waals surface area contributed by atoms with E-state index < -0.39 is 5.97 Å². The molecule has 1 unspecified atom stereocenters. The molecule has 0 aliphatic carbocycles. The number of aromatic hydroxyl groups is 1. The lowest BCUT2D eigenvalue weighted by Gasteiger charge is -2.53. The maximum absolute atomic E-state index is 12.1. The van der Waals surface area contributed by atoms with Crippen molar-refractivity contribution >= 4 is 11.7 Å². The van der Waals surface area contributed by atoms with Crippen LogP contribution in [0.1, 0.15) is 46.8 Å². The van der Waals surface area contributed by atoms with Crippen LogP contribution in [0.5, 0.6) is 28.7 Å². The Labute approximate surface area is 210 Å². The van der Waals surface area contributed by atoms with Gasteiger partial charge in [-0.2, -0.15) is 0 Å². The second-order valence-corrected chi connectivity index (χ2v) is 9.77. The minimum absolute atomic E-state index is 0.0471. The predicted molar refractivity (Wildman–Crippen MR) is 134 cm³/mol. The van der Waals surface area contributed by atoms with Crippen molar-refractivity contribution in [3.63, 3.8) is 0 Å². The zero-order valence-corrected chi connectivity index (χ0v) is 21.4. The van der Waals surface area contributed by atoms with E-state index in [9.17, 15) is 9.90 Å². The number of hydrogen-bond acceptors (Lipinski definition) is 10. The average molecular weight is 499 g/mol. The minimum atomic E-state index is -0.409. The first-order chi connectivity index (χ1) is 17.2. The maximum atomic E-state index is 12.1. The van der Waals surface area contributed by atoms with E-state index in [1.165, 1.54) is 14.0 Å². The summed E-state index contributed by atoms with van der Waals surface area (Å²) in [4.78, 5) is 16.7. The molecule has 10 nitrogen and oxygen atoms in total. The van der Waals surface area contributed by atoms with Gasteiger partial charge in [0.1, 0.15) is 5.75 Å². The number of ether oxygens (including phenoxy) is 4. The molecule has 10 heteroatoms. The van der Waals surface area contributed by atoms with Crippen LogP contribution < -0.4 is 30.4 Å². The lowest BCUT2D eigenvalue weighted by atomic mass is 9.79. The van der Waals surface area contributed by atoms with E-state index in [2.05, 4.69) is 9.80 Å².